The molecule has 0 bridgehead atoms. The number of hydrogen-bond acceptors (Lipinski definition) is 4. The molecule has 0 aromatic heterocycles. The second-order valence-electron chi connectivity index (χ2n) is 8.13. The summed E-state index contributed by atoms with van der Waals surface area (Å²) in [6.45, 7) is 13.3. The topological polar surface area (TPSA) is 24.9 Å². The highest BCUT2D eigenvalue weighted by atomic mass is 16.7. The van der Waals surface area contributed by atoms with Gasteiger partial charge in [0.15, 0.2) is 0 Å². The van der Waals surface area contributed by atoms with Gasteiger partial charge in [0.05, 0.1) is 11.2 Å². The van der Waals surface area contributed by atoms with Crippen LogP contribution in [0.1, 0.15) is 47.0 Å². The summed E-state index contributed by atoms with van der Waals surface area (Å²) in [4.78, 5) is 5.09. The van der Waals surface area contributed by atoms with Crippen LogP contribution in [0.2, 0.25) is 0 Å². The van der Waals surface area contributed by atoms with E-state index in [0.29, 0.717) is 6.04 Å². The van der Waals surface area contributed by atoms with E-state index in [2.05, 4.69) is 50.6 Å². The van der Waals surface area contributed by atoms with Gasteiger partial charge in [0.1, 0.15) is 0 Å². The zero-order valence-corrected chi connectivity index (χ0v) is 14.9. The van der Waals surface area contributed by atoms with Gasteiger partial charge in [-0.25, -0.2) is 0 Å². The van der Waals surface area contributed by atoms with Crippen LogP contribution in [0.15, 0.2) is 11.5 Å². The van der Waals surface area contributed by atoms with Crippen molar-refractivity contribution in [2.24, 2.45) is 0 Å². The van der Waals surface area contributed by atoms with E-state index in [1.54, 1.807) is 0 Å². The fourth-order valence-corrected chi connectivity index (χ4v) is 3.57. The standard InChI is InChI=1S/C17H31BN2O2/c1-16(2)17(3,4)22-18(21-16)14-6-8-15(9-7-14)20-12-10-19(5)11-13-20/h6,15H,7-13H2,1-5H3. The maximum atomic E-state index is 6.19. The largest absolute Gasteiger partial charge is 0.490 e. The second kappa shape index (κ2) is 5.93. The lowest BCUT2D eigenvalue weighted by Crippen LogP contribution is -2.49. The van der Waals surface area contributed by atoms with Crippen LogP contribution in [0.4, 0.5) is 0 Å². The van der Waals surface area contributed by atoms with Crippen molar-refractivity contribution >= 4 is 7.12 Å². The highest BCUT2D eigenvalue weighted by Gasteiger charge is 2.52. The molecule has 2 heterocycles. The zero-order chi connectivity index (χ0) is 16.0. The smallest absolute Gasteiger partial charge is 0.400 e. The van der Waals surface area contributed by atoms with E-state index in [-0.39, 0.29) is 18.3 Å². The minimum Gasteiger partial charge on any atom is -0.400 e. The molecule has 3 rings (SSSR count). The molecule has 0 aromatic carbocycles. The van der Waals surface area contributed by atoms with Crippen LogP contribution in [-0.4, -0.2) is 67.4 Å². The molecular weight excluding hydrogens is 275 g/mol. The van der Waals surface area contributed by atoms with Gasteiger partial charge in [-0.15, -0.1) is 0 Å². The van der Waals surface area contributed by atoms with Gasteiger partial charge >= 0.3 is 7.12 Å². The van der Waals surface area contributed by atoms with Gasteiger partial charge in [-0.3, -0.25) is 4.90 Å². The zero-order valence-electron chi connectivity index (χ0n) is 14.9. The molecule has 0 aromatic rings. The van der Waals surface area contributed by atoms with E-state index in [4.69, 9.17) is 9.31 Å². The van der Waals surface area contributed by atoms with Gasteiger partial charge in [0.25, 0.3) is 0 Å². The summed E-state index contributed by atoms with van der Waals surface area (Å²) in [6, 6.07) is 0.708. The summed E-state index contributed by atoms with van der Waals surface area (Å²) >= 11 is 0. The SMILES string of the molecule is CN1CCN(C2CC=C(B3OC(C)(C)C(C)(C)O3)CC2)CC1. The third-order valence-corrected chi connectivity index (χ3v) is 6.03. The third kappa shape index (κ3) is 3.14. The Morgan fingerprint density at radius 3 is 2.14 bits per heavy atom. The van der Waals surface area contributed by atoms with E-state index in [0.717, 1.165) is 12.8 Å². The molecule has 124 valence electrons. The van der Waals surface area contributed by atoms with Gasteiger partial charge in [-0.2, -0.15) is 0 Å². The molecule has 3 aliphatic rings. The highest BCUT2D eigenvalue weighted by molar-refractivity contribution is 6.54. The highest BCUT2D eigenvalue weighted by Crippen LogP contribution is 2.40. The molecule has 22 heavy (non-hydrogen) atoms. The van der Waals surface area contributed by atoms with Crippen LogP contribution in [-0.2, 0) is 9.31 Å². The van der Waals surface area contributed by atoms with E-state index in [1.807, 2.05) is 0 Å². The molecule has 0 amide bonds. The number of allylic oxidation sites excluding steroid dienone is 1. The normalized spacial score (nSPS) is 33.0. The van der Waals surface area contributed by atoms with Crippen molar-refractivity contribution in [2.75, 3.05) is 33.2 Å². The van der Waals surface area contributed by atoms with Crippen molar-refractivity contribution in [3.05, 3.63) is 11.5 Å². The summed E-state index contributed by atoms with van der Waals surface area (Å²) in [7, 11) is 2.08. The molecule has 1 unspecified atom stereocenters. The molecule has 0 spiro atoms. The van der Waals surface area contributed by atoms with Crippen LogP contribution in [0.5, 0.6) is 0 Å². The lowest BCUT2D eigenvalue weighted by atomic mass is 9.71. The number of likely N-dealkylation sites (N-methyl/N-ethyl adjacent to an activating group) is 1. The average molecular weight is 306 g/mol. The molecule has 2 aliphatic heterocycles. The van der Waals surface area contributed by atoms with E-state index >= 15 is 0 Å². The molecule has 0 radical (unpaired) electrons. The summed E-state index contributed by atoms with van der Waals surface area (Å²) in [5, 5.41) is 0. The number of piperazine rings is 1. The van der Waals surface area contributed by atoms with Crippen LogP contribution >= 0.6 is 0 Å². The summed E-state index contributed by atoms with van der Waals surface area (Å²) < 4.78 is 12.4. The van der Waals surface area contributed by atoms with Gasteiger partial charge in [0.2, 0.25) is 0 Å². The molecule has 4 nitrogen and oxygen atoms in total. The van der Waals surface area contributed by atoms with Crippen molar-refractivity contribution in [3.8, 4) is 0 Å². The average Bonchev–Trinajstić information content (AvgIpc) is 2.68. The molecule has 0 saturated carbocycles. The van der Waals surface area contributed by atoms with Gasteiger partial charge in [0, 0.05) is 32.2 Å². The van der Waals surface area contributed by atoms with Crippen molar-refractivity contribution in [3.63, 3.8) is 0 Å². The molecule has 2 fully saturated rings. The van der Waals surface area contributed by atoms with Crippen LogP contribution in [0.3, 0.4) is 0 Å². The Hall–Kier alpha value is -0.355. The lowest BCUT2D eigenvalue weighted by molar-refractivity contribution is 0.00578. The maximum Gasteiger partial charge on any atom is 0.490 e. The fraction of sp³-hybridized carbons (Fsp3) is 0.882. The molecule has 5 heteroatoms. The minimum absolute atomic E-state index is 0.140. The van der Waals surface area contributed by atoms with Crippen molar-refractivity contribution in [1.82, 2.24) is 9.80 Å². The Bertz CT molecular complexity index is 426. The molecule has 1 atom stereocenters. The Labute approximate surface area is 136 Å². The van der Waals surface area contributed by atoms with Crippen LogP contribution < -0.4 is 0 Å². The van der Waals surface area contributed by atoms with Gasteiger partial charge in [-0.05, 0) is 59.5 Å². The van der Waals surface area contributed by atoms with Crippen molar-refractivity contribution < 1.29 is 9.31 Å². The molecule has 1 aliphatic carbocycles. The lowest BCUT2D eigenvalue weighted by Gasteiger charge is -2.39. The molecular formula is C17H31BN2O2. The minimum atomic E-state index is -0.229. The first kappa shape index (κ1) is 16.5. The third-order valence-electron chi connectivity index (χ3n) is 6.03. The Morgan fingerprint density at radius 2 is 1.64 bits per heavy atom. The van der Waals surface area contributed by atoms with Crippen LogP contribution in [0, 0.1) is 0 Å². The molecule has 0 N–H and O–H groups in total. The van der Waals surface area contributed by atoms with Gasteiger partial charge in [-0.1, -0.05) is 6.08 Å². The first-order chi connectivity index (χ1) is 10.3. The van der Waals surface area contributed by atoms with E-state index in [1.165, 1.54) is 38.1 Å². The number of rotatable bonds is 2. The molecule has 2 saturated heterocycles. The van der Waals surface area contributed by atoms with Crippen LogP contribution in [0.25, 0.3) is 0 Å². The quantitative estimate of drug-likeness (QED) is 0.731. The monoisotopic (exact) mass is 306 g/mol. The predicted molar refractivity (Wildman–Crippen MR) is 90.9 cm³/mol. The van der Waals surface area contributed by atoms with Crippen molar-refractivity contribution in [1.29, 1.82) is 0 Å². The Kier molecular flexibility index (Phi) is 4.45. The van der Waals surface area contributed by atoms with Crippen molar-refractivity contribution in [2.45, 2.75) is 64.2 Å². The van der Waals surface area contributed by atoms with Gasteiger partial charge < -0.3 is 14.2 Å². The summed E-state index contributed by atoms with van der Waals surface area (Å²) in [5.74, 6) is 0. The fourth-order valence-electron chi connectivity index (χ4n) is 3.57. The first-order valence-electron chi connectivity index (χ1n) is 8.76. The first-order valence-corrected chi connectivity index (χ1v) is 8.76. The Balaban J connectivity index is 1.58. The summed E-state index contributed by atoms with van der Waals surface area (Å²) in [5.41, 5.74) is 0.892. The Morgan fingerprint density at radius 1 is 1.05 bits per heavy atom. The summed E-state index contributed by atoms with van der Waals surface area (Å²) in [6.07, 6.45) is 5.87. The van der Waals surface area contributed by atoms with E-state index in [9.17, 15) is 0 Å². The maximum absolute atomic E-state index is 6.19. The number of hydrogen-bond donors (Lipinski definition) is 0. The second-order valence-corrected chi connectivity index (χ2v) is 8.13. The van der Waals surface area contributed by atoms with E-state index < -0.39 is 0 Å². The predicted octanol–water partition coefficient (Wildman–Crippen LogP) is 2.34. The number of nitrogens with zero attached hydrogens (tertiary/aromatic N) is 2.